The Morgan fingerprint density at radius 2 is 2.03 bits per heavy atom. The monoisotopic (exact) mass is 443 g/mol. The number of ether oxygens (including phenoxy) is 1. The van der Waals surface area contributed by atoms with Crippen LogP contribution in [0.1, 0.15) is 25.3 Å². The molecule has 2 atom stereocenters. The highest BCUT2D eigenvalue weighted by molar-refractivity contribution is 6.25. The number of ketones is 1. The van der Waals surface area contributed by atoms with Gasteiger partial charge in [-0.05, 0) is 18.1 Å². The summed E-state index contributed by atoms with van der Waals surface area (Å²) < 4.78 is 5.67. The molecule has 0 spiro atoms. The summed E-state index contributed by atoms with van der Waals surface area (Å²) in [5.41, 5.74) is 10.1. The van der Waals surface area contributed by atoms with Crippen molar-refractivity contribution in [2.75, 3.05) is 13.2 Å². The lowest BCUT2D eigenvalue weighted by Crippen LogP contribution is -2.47. The summed E-state index contributed by atoms with van der Waals surface area (Å²) in [5, 5.41) is 15.3. The topological polar surface area (TPSA) is 174 Å². The Morgan fingerprint density at radius 1 is 1.28 bits per heavy atom. The number of aromatic amines is 1. The van der Waals surface area contributed by atoms with Gasteiger partial charge in [0.15, 0.2) is 0 Å². The van der Waals surface area contributed by atoms with E-state index in [9.17, 15) is 24.3 Å². The number of para-hydroxylation sites is 1. The normalized spacial score (nSPS) is 12.4. The van der Waals surface area contributed by atoms with Crippen molar-refractivity contribution in [3.8, 4) is 0 Å². The number of nitrogens with zero attached hydrogens (tertiary/aromatic N) is 2. The molecule has 1 heterocycles. The van der Waals surface area contributed by atoms with Crippen molar-refractivity contribution in [2.24, 2.45) is 0 Å². The van der Waals surface area contributed by atoms with Crippen molar-refractivity contribution in [1.82, 2.24) is 15.6 Å². The van der Waals surface area contributed by atoms with Gasteiger partial charge in [0.2, 0.25) is 17.6 Å². The van der Waals surface area contributed by atoms with Crippen LogP contribution in [-0.2, 0) is 30.3 Å². The summed E-state index contributed by atoms with van der Waals surface area (Å²) in [6, 6.07) is 6.18. The van der Waals surface area contributed by atoms with Crippen molar-refractivity contribution in [3.05, 3.63) is 41.6 Å². The Balaban J connectivity index is 2.12. The Bertz CT molecular complexity index is 1030. The van der Waals surface area contributed by atoms with Gasteiger partial charge in [-0.25, -0.2) is 4.79 Å². The lowest BCUT2D eigenvalue weighted by Gasteiger charge is -2.21. The third kappa shape index (κ3) is 7.46. The molecule has 11 heteroatoms. The molecule has 32 heavy (non-hydrogen) atoms. The lowest BCUT2D eigenvalue weighted by atomic mass is 10.0. The second-order valence-corrected chi connectivity index (χ2v) is 7.05. The SMILES string of the molecule is CC(=O)NCCOC(Cc1c[nH]c2ccccc12)C(=O)NC(CCC(=O)C=[N+]=[N-])C(=O)O. The summed E-state index contributed by atoms with van der Waals surface area (Å²) in [6.45, 7) is 1.59. The number of fused-ring (bicyclic) bond motifs is 1. The van der Waals surface area contributed by atoms with Crippen molar-refractivity contribution < 1.29 is 33.8 Å². The first-order chi connectivity index (χ1) is 15.3. The fourth-order valence-electron chi connectivity index (χ4n) is 3.09. The highest BCUT2D eigenvalue weighted by Crippen LogP contribution is 2.20. The molecule has 0 bridgehead atoms. The fourth-order valence-corrected chi connectivity index (χ4v) is 3.09. The van der Waals surface area contributed by atoms with E-state index in [0.29, 0.717) is 6.21 Å². The molecule has 170 valence electrons. The number of hydrogen-bond donors (Lipinski definition) is 4. The number of carboxylic acid groups (broad SMARTS) is 1. The number of aromatic nitrogens is 1. The Kier molecular flexibility index (Phi) is 9.27. The van der Waals surface area contributed by atoms with Crippen molar-refractivity contribution >= 4 is 40.7 Å². The summed E-state index contributed by atoms with van der Waals surface area (Å²) in [5.74, 6) is -2.78. The lowest BCUT2D eigenvalue weighted by molar-refractivity contribution is -0.144. The average molecular weight is 443 g/mol. The van der Waals surface area contributed by atoms with Gasteiger partial charge < -0.3 is 31.0 Å². The number of Topliss-reactive ketones (excluding diaryl/α,β-unsaturated/α-hetero) is 1. The zero-order chi connectivity index (χ0) is 23.5. The number of benzene rings is 1. The van der Waals surface area contributed by atoms with Gasteiger partial charge in [0, 0.05) is 43.4 Å². The van der Waals surface area contributed by atoms with Crippen LogP contribution in [0.25, 0.3) is 16.4 Å². The summed E-state index contributed by atoms with van der Waals surface area (Å²) in [7, 11) is 0. The Morgan fingerprint density at radius 3 is 2.72 bits per heavy atom. The number of carbonyl (C=O) groups excluding carboxylic acids is 3. The van der Waals surface area contributed by atoms with E-state index < -0.39 is 29.8 Å². The van der Waals surface area contributed by atoms with Gasteiger partial charge in [0.25, 0.3) is 0 Å². The minimum atomic E-state index is -1.33. The molecular formula is C21H25N5O6. The van der Waals surface area contributed by atoms with Crippen LogP contribution < -0.4 is 10.6 Å². The third-order valence-corrected chi connectivity index (χ3v) is 4.66. The summed E-state index contributed by atoms with van der Waals surface area (Å²) >= 11 is 0. The van der Waals surface area contributed by atoms with Crippen LogP contribution in [0.2, 0.25) is 0 Å². The van der Waals surface area contributed by atoms with Crippen LogP contribution in [0.5, 0.6) is 0 Å². The predicted octanol–water partition coefficient (Wildman–Crippen LogP) is 0.451. The maximum atomic E-state index is 12.9. The van der Waals surface area contributed by atoms with Gasteiger partial charge in [-0.2, -0.15) is 4.79 Å². The highest BCUT2D eigenvalue weighted by atomic mass is 16.5. The molecule has 2 aromatic rings. The maximum absolute atomic E-state index is 12.9. The highest BCUT2D eigenvalue weighted by Gasteiger charge is 2.27. The summed E-state index contributed by atoms with van der Waals surface area (Å²) in [4.78, 5) is 52.7. The van der Waals surface area contributed by atoms with Crippen molar-refractivity contribution in [2.45, 2.75) is 38.3 Å². The zero-order valence-corrected chi connectivity index (χ0v) is 17.5. The molecule has 0 fully saturated rings. The van der Waals surface area contributed by atoms with E-state index in [4.69, 9.17) is 10.3 Å². The minimum absolute atomic E-state index is 0.0449. The number of carboxylic acids is 1. The molecule has 11 nitrogen and oxygen atoms in total. The molecule has 2 unspecified atom stereocenters. The summed E-state index contributed by atoms with van der Waals surface area (Å²) in [6.07, 6.45) is 1.16. The molecule has 4 N–H and O–H groups in total. The largest absolute Gasteiger partial charge is 0.480 e. The number of carbonyl (C=O) groups is 4. The van der Waals surface area contributed by atoms with Crippen LogP contribution >= 0.6 is 0 Å². The molecule has 2 rings (SSSR count). The Hall–Kier alpha value is -3.82. The van der Waals surface area contributed by atoms with Gasteiger partial charge in [0.1, 0.15) is 12.1 Å². The smallest absolute Gasteiger partial charge is 0.326 e. The molecule has 1 aromatic carbocycles. The maximum Gasteiger partial charge on any atom is 0.326 e. The average Bonchev–Trinajstić information content (AvgIpc) is 3.15. The predicted molar refractivity (Wildman–Crippen MR) is 114 cm³/mol. The Labute approximate surface area is 183 Å². The molecule has 0 radical (unpaired) electrons. The number of rotatable bonds is 13. The van der Waals surface area contributed by atoms with E-state index in [1.165, 1.54) is 6.92 Å². The zero-order valence-electron chi connectivity index (χ0n) is 17.5. The quantitative estimate of drug-likeness (QED) is 0.151. The molecule has 0 saturated carbocycles. The van der Waals surface area contributed by atoms with Crippen molar-refractivity contribution in [3.63, 3.8) is 0 Å². The first-order valence-corrected chi connectivity index (χ1v) is 9.96. The molecular weight excluding hydrogens is 418 g/mol. The first-order valence-electron chi connectivity index (χ1n) is 9.96. The van der Waals surface area contributed by atoms with Gasteiger partial charge in [-0.1, -0.05) is 18.2 Å². The first kappa shape index (κ1) is 24.4. The van der Waals surface area contributed by atoms with Crippen LogP contribution in [0, 0.1) is 0 Å². The second-order valence-electron chi connectivity index (χ2n) is 7.05. The molecule has 1 aromatic heterocycles. The van der Waals surface area contributed by atoms with E-state index in [2.05, 4.69) is 20.4 Å². The van der Waals surface area contributed by atoms with Crippen molar-refractivity contribution in [1.29, 1.82) is 0 Å². The third-order valence-electron chi connectivity index (χ3n) is 4.66. The van der Waals surface area contributed by atoms with Crippen LogP contribution in [0.15, 0.2) is 30.5 Å². The van der Waals surface area contributed by atoms with Gasteiger partial charge in [0.05, 0.1) is 6.61 Å². The minimum Gasteiger partial charge on any atom is -0.480 e. The molecule has 0 aliphatic carbocycles. The number of hydrogen-bond acceptors (Lipinski definition) is 5. The number of H-pyrrole nitrogens is 1. The fraction of sp³-hybridized carbons (Fsp3) is 0.381. The van der Waals surface area contributed by atoms with Gasteiger partial charge >= 0.3 is 12.2 Å². The number of nitrogens with one attached hydrogen (secondary N) is 3. The van der Waals surface area contributed by atoms with Gasteiger partial charge in [-0.15, -0.1) is 0 Å². The van der Waals surface area contributed by atoms with E-state index in [-0.39, 0.29) is 38.3 Å². The van der Waals surface area contributed by atoms with E-state index in [1.54, 1.807) is 6.20 Å². The number of amides is 2. The van der Waals surface area contributed by atoms with E-state index >= 15 is 0 Å². The molecule has 0 saturated heterocycles. The number of aliphatic carboxylic acids is 1. The second kappa shape index (κ2) is 12.1. The van der Waals surface area contributed by atoms with Crippen LogP contribution in [0.4, 0.5) is 0 Å². The molecule has 0 aliphatic heterocycles. The molecule has 2 amide bonds. The van der Waals surface area contributed by atoms with Crippen LogP contribution in [-0.4, -0.2) is 70.0 Å². The van der Waals surface area contributed by atoms with Crippen LogP contribution in [0.3, 0.4) is 0 Å². The van der Waals surface area contributed by atoms with E-state index in [1.807, 2.05) is 24.3 Å². The van der Waals surface area contributed by atoms with E-state index in [0.717, 1.165) is 16.5 Å². The molecule has 0 aliphatic rings. The van der Waals surface area contributed by atoms with Gasteiger partial charge in [-0.3, -0.25) is 14.4 Å². The standard InChI is InChI=1S/C21H25N5O6/c1-13(27)23-8-9-32-19(10-14-11-24-17-5-3-2-4-16(14)17)20(29)26-18(21(30)31)7-6-15(28)12-25-22/h2-5,11-12,18-19,24H,6-10H2,1H3,(H,23,27)(H,26,29)(H,30,31).